The van der Waals surface area contributed by atoms with Crippen molar-refractivity contribution in [1.29, 1.82) is 0 Å². The topological polar surface area (TPSA) is 63.2 Å². The van der Waals surface area contributed by atoms with Gasteiger partial charge in [-0.05, 0) is 50.1 Å². The number of halogens is 4. The molecule has 0 atom stereocenters. The quantitative estimate of drug-likeness (QED) is 0.281. The van der Waals surface area contributed by atoms with Crippen LogP contribution in [0.1, 0.15) is 32.6 Å². The number of anilines is 2. The Kier molecular flexibility index (Phi) is 5.93. The van der Waals surface area contributed by atoms with Crippen LogP contribution in [-0.4, -0.2) is 57.7 Å². The zero-order chi connectivity index (χ0) is 25.8. The first kappa shape index (κ1) is 24.3. The van der Waals surface area contributed by atoms with Crippen molar-refractivity contribution >= 4 is 38.4 Å². The van der Waals surface area contributed by atoms with Crippen molar-refractivity contribution in [2.24, 2.45) is 0 Å². The first-order valence-corrected chi connectivity index (χ1v) is 13.1. The second-order valence-electron chi connectivity index (χ2n) is 10.1. The van der Waals surface area contributed by atoms with E-state index in [9.17, 15) is 13.2 Å². The Morgan fingerprint density at radius 1 is 0.946 bits per heavy atom. The average Bonchev–Trinajstić information content (AvgIpc) is 3.53. The van der Waals surface area contributed by atoms with E-state index in [2.05, 4.69) is 31.1 Å². The molecule has 2 fully saturated rings. The number of hydrogen-bond donors (Lipinski definition) is 0. The highest BCUT2D eigenvalue weighted by Gasteiger charge is 2.35. The molecule has 6 rings (SSSR count). The van der Waals surface area contributed by atoms with Crippen molar-refractivity contribution in [3.05, 3.63) is 47.3 Å². The van der Waals surface area contributed by atoms with Gasteiger partial charge in [-0.15, -0.1) is 5.10 Å². The molecule has 1 aromatic carbocycles. The van der Waals surface area contributed by atoms with Crippen LogP contribution in [0.15, 0.2) is 51.7 Å². The molecule has 0 bridgehead atoms. The van der Waals surface area contributed by atoms with Gasteiger partial charge in [-0.2, -0.15) is 0 Å². The summed E-state index contributed by atoms with van der Waals surface area (Å²) in [4.78, 5) is 8.77. The fourth-order valence-electron chi connectivity index (χ4n) is 5.02. The largest absolute Gasteiger partial charge is 0.460 e. The monoisotopic (exact) mass is 574 g/mol. The van der Waals surface area contributed by atoms with Gasteiger partial charge in [0.05, 0.1) is 12.5 Å². The van der Waals surface area contributed by atoms with Crippen molar-refractivity contribution in [2.75, 3.05) is 36.0 Å². The van der Waals surface area contributed by atoms with E-state index in [4.69, 9.17) is 9.40 Å². The van der Waals surface area contributed by atoms with E-state index in [0.29, 0.717) is 48.8 Å². The molecule has 194 valence electrons. The smallest absolute Gasteiger partial charge is 0.251 e. The minimum atomic E-state index is -2.66. The minimum absolute atomic E-state index is 0.192. The number of fused-ring (bicyclic) bond motifs is 1. The summed E-state index contributed by atoms with van der Waals surface area (Å²) in [5, 5.41) is 9.57. The summed E-state index contributed by atoms with van der Waals surface area (Å²) in [5.41, 5.74) is 1.93. The molecule has 11 heteroatoms. The molecule has 0 spiro atoms. The number of rotatable bonds is 4. The van der Waals surface area contributed by atoms with Gasteiger partial charge < -0.3 is 14.2 Å². The number of pyridine rings is 1. The van der Waals surface area contributed by atoms with Crippen LogP contribution >= 0.6 is 15.9 Å². The molecule has 4 aromatic rings. The number of nitrogens with zero attached hydrogens (tertiary/aromatic N) is 6. The molecular formula is C26H26BrF3N6O. The number of hydrogen-bond acceptors (Lipinski definition) is 6. The van der Waals surface area contributed by atoms with Crippen LogP contribution in [0.5, 0.6) is 0 Å². The normalized spacial score (nSPS) is 19.5. The van der Waals surface area contributed by atoms with Gasteiger partial charge in [-0.3, -0.25) is 0 Å². The Hall–Kier alpha value is -3.08. The third kappa shape index (κ3) is 4.81. The average molecular weight is 575 g/mol. The van der Waals surface area contributed by atoms with Crippen LogP contribution < -0.4 is 9.80 Å². The fourth-order valence-corrected chi connectivity index (χ4v) is 5.37. The molecular weight excluding hydrogens is 549 g/mol. The van der Waals surface area contributed by atoms with E-state index >= 15 is 0 Å². The summed E-state index contributed by atoms with van der Waals surface area (Å²) in [5.74, 6) is -1.61. The molecule has 2 aliphatic rings. The highest BCUT2D eigenvalue weighted by Crippen LogP contribution is 2.37. The molecule has 0 radical (unpaired) electrons. The molecule has 0 N–H and O–H groups in total. The Labute approximate surface area is 220 Å². The molecule has 3 aromatic heterocycles. The Bertz CT molecular complexity index is 1430. The standard InChI is InChI=1S/C26H26BrF3N6O/c1-25(28)5-9-34(10-6-25)21-15-18(27)2-3-19(21)20-16-36(33-32-20)22-14-17-4-13-37-23(17)24(31-22)35-11-7-26(29,30)8-12-35/h2-4,13-16H,5-12H2,1H3. The van der Waals surface area contributed by atoms with Crippen LogP contribution in [0.25, 0.3) is 28.0 Å². The predicted octanol–water partition coefficient (Wildman–Crippen LogP) is 6.40. The molecule has 0 saturated carbocycles. The predicted molar refractivity (Wildman–Crippen MR) is 139 cm³/mol. The molecule has 7 nitrogen and oxygen atoms in total. The number of aromatic nitrogens is 4. The Balaban J connectivity index is 1.34. The third-order valence-electron chi connectivity index (χ3n) is 7.31. The second kappa shape index (κ2) is 9.04. The van der Waals surface area contributed by atoms with Gasteiger partial charge in [0.15, 0.2) is 17.2 Å². The maximum Gasteiger partial charge on any atom is 0.251 e. The van der Waals surface area contributed by atoms with Crippen molar-refractivity contribution in [1.82, 2.24) is 20.0 Å². The summed E-state index contributed by atoms with van der Waals surface area (Å²) in [6.07, 6.45) is 3.85. The minimum Gasteiger partial charge on any atom is -0.460 e. The molecule has 5 heterocycles. The van der Waals surface area contributed by atoms with Crippen LogP contribution in [0.2, 0.25) is 0 Å². The lowest BCUT2D eigenvalue weighted by Gasteiger charge is -2.36. The number of alkyl halides is 3. The van der Waals surface area contributed by atoms with Gasteiger partial charge >= 0.3 is 0 Å². The zero-order valence-corrected chi connectivity index (χ0v) is 21.9. The molecule has 0 unspecified atom stereocenters. The third-order valence-corrected chi connectivity index (χ3v) is 7.80. The van der Waals surface area contributed by atoms with Crippen molar-refractivity contribution < 1.29 is 17.6 Å². The maximum absolute atomic E-state index is 14.4. The SMILES string of the molecule is CC1(F)CCN(c2cc(Br)ccc2-c2cn(-c3cc4ccoc4c(N4CCC(F)(F)CC4)n3)nn2)CC1. The van der Waals surface area contributed by atoms with Crippen LogP contribution in [0.4, 0.5) is 24.7 Å². The molecule has 0 aliphatic carbocycles. The lowest BCUT2D eigenvalue weighted by molar-refractivity contribution is -0.0221. The summed E-state index contributed by atoms with van der Waals surface area (Å²) in [7, 11) is 0. The van der Waals surface area contributed by atoms with Gasteiger partial charge in [0.25, 0.3) is 5.92 Å². The van der Waals surface area contributed by atoms with Crippen LogP contribution in [0, 0.1) is 0 Å². The summed E-state index contributed by atoms with van der Waals surface area (Å²) < 4.78 is 50.1. The summed E-state index contributed by atoms with van der Waals surface area (Å²) in [6.45, 7) is 3.27. The molecule has 37 heavy (non-hydrogen) atoms. The van der Waals surface area contributed by atoms with Crippen LogP contribution in [-0.2, 0) is 0 Å². The Morgan fingerprint density at radius 3 is 2.43 bits per heavy atom. The zero-order valence-electron chi connectivity index (χ0n) is 20.3. The van der Waals surface area contributed by atoms with E-state index in [1.165, 1.54) is 0 Å². The molecule has 2 aliphatic heterocycles. The second-order valence-corrected chi connectivity index (χ2v) is 11.0. The van der Waals surface area contributed by atoms with E-state index in [1.54, 1.807) is 24.1 Å². The lowest BCUT2D eigenvalue weighted by atomic mass is 9.94. The highest BCUT2D eigenvalue weighted by atomic mass is 79.9. The summed E-state index contributed by atoms with van der Waals surface area (Å²) >= 11 is 3.56. The van der Waals surface area contributed by atoms with Crippen molar-refractivity contribution in [3.63, 3.8) is 0 Å². The van der Waals surface area contributed by atoms with E-state index in [1.807, 2.05) is 35.2 Å². The first-order chi connectivity index (χ1) is 17.7. The fraction of sp³-hybridized carbons (Fsp3) is 0.423. The van der Waals surface area contributed by atoms with Gasteiger partial charge in [0.1, 0.15) is 11.4 Å². The Morgan fingerprint density at radius 2 is 1.68 bits per heavy atom. The maximum atomic E-state index is 14.4. The van der Waals surface area contributed by atoms with Gasteiger partial charge in [0.2, 0.25) is 0 Å². The van der Waals surface area contributed by atoms with Crippen LogP contribution in [0.3, 0.4) is 0 Å². The van der Waals surface area contributed by atoms with Gasteiger partial charge in [0, 0.05) is 60.1 Å². The lowest BCUT2D eigenvalue weighted by Crippen LogP contribution is -2.40. The highest BCUT2D eigenvalue weighted by molar-refractivity contribution is 9.10. The van der Waals surface area contributed by atoms with Gasteiger partial charge in [-0.1, -0.05) is 21.1 Å². The van der Waals surface area contributed by atoms with E-state index in [-0.39, 0.29) is 25.9 Å². The number of furan rings is 1. The van der Waals surface area contributed by atoms with E-state index in [0.717, 1.165) is 21.1 Å². The molecule has 2 saturated heterocycles. The van der Waals surface area contributed by atoms with Crippen molar-refractivity contribution in [3.8, 4) is 17.1 Å². The van der Waals surface area contributed by atoms with Gasteiger partial charge in [-0.25, -0.2) is 22.8 Å². The first-order valence-electron chi connectivity index (χ1n) is 12.4. The number of piperidine rings is 2. The van der Waals surface area contributed by atoms with E-state index < -0.39 is 11.6 Å². The summed E-state index contributed by atoms with van der Waals surface area (Å²) in [6, 6.07) is 9.61. The van der Waals surface area contributed by atoms with Crippen molar-refractivity contribution in [2.45, 2.75) is 44.2 Å². The number of benzene rings is 1. The molecule has 0 amide bonds.